The molecule has 2 aliphatic rings. The Hall–Kier alpha value is -4.48. The van der Waals surface area contributed by atoms with Crippen LogP contribution in [0.2, 0.25) is 0 Å². The zero-order valence-corrected chi connectivity index (χ0v) is 24.8. The summed E-state index contributed by atoms with van der Waals surface area (Å²) in [5, 5.41) is 8.86. The van der Waals surface area contributed by atoms with Gasteiger partial charge in [-0.25, -0.2) is 0 Å². The van der Waals surface area contributed by atoms with Crippen LogP contribution in [0.5, 0.6) is 23.0 Å². The van der Waals surface area contributed by atoms with Crippen molar-refractivity contribution in [3.05, 3.63) is 46.5 Å². The molecule has 0 saturated carbocycles. The monoisotopic (exact) mass is 598 g/mol. The van der Waals surface area contributed by atoms with Gasteiger partial charge in [0.25, 0.3) is 0 Å². The van der Waals surface area contributed by atoms with E-state index >= 15 is 0 Å². The average Bonchev–Trinajstić information content (AvgIpc) is 3.61. The van der Waals surface area contributed by atoms with Gasteiger partial charge in [0.15, 0.2) is 23.0 Å². The topological polar surface area (TPSA) is 141 Å². The summed E-state index contributed by atoms with van der Waals surface area (Å²) < 4.78 is 28.0. The van der Waals surface area contributed by atoms with Crippen molar-refractivity contribution in [2.75, 3.05) is 34.0 Å². The lowest BCUT2D eigenvalue weighted by molar-refractivity contribution is -0.145. The molecule has 0 saturated heterocycles. The zero-order chi connectivity index (χ0) is 30.9. The minimum Gasteiger partial charge on any atom is -0.493 e. The van der Waals surface area contributed by atoms with Gasteiger partial charge >= 0.3 is 11.9 Å². The van der Waals surface area contributed by atoms with Crippen molar-refractivity contribution in [1.82, 2.24) is 9.80 Å². The fraction of sp³-hybridized carbons (Fsp3) is 0.484. The summed E-state index contributed by atoms with van der Waals surface area (Å²) in [6.45, 7) is 4.41. The lowest BCUT2D eigenvalue weighted by Crippen LogP contribution is -2.25. The molecule has 2 aromatic rings. The number of esters is 1. The minimum absolute atomic E-state index is 0.0354. The fourth-order valence-electron chi connectivity index (χ4n) is 5.10. The normalized spacial score (nSPS) is 13.3. The number of hydrogen-bond acceptors (Lipinski definition) is 9. The van der Waals surface area contributed by atoms with Gasteiger partial charge < -0.3 is 38.6 Å². The van der Waals surface area contributed by atoms with Gasteiger partial charge in [-0.1, -0.05) is 0 Å². The summed E-state index contributed by atoms with van der Waals surface area (Å²) in [6.07, 6.45) is 0.499. The van der Waals surface area contributed by atoms with E-state index in [1.54, 1.807) is 30.9 Å². The summed E-state index contributed by atoms with van der Waals surface area (Å²) in [6, 6.07) is 7.49. The molecule has 1 N–H and O–H groups in total. The Bertz CT molecular complexity index is 1360. The SMILES string of the molecule is CCOC(=O)CCC(=O)N1Cc2cc(OC)c(OCCCOc3cc4c(cc3OC)CN(C(=O)CCC(=O)O)C4)cc2C1. The Morgan fingerprint density at radius 2 is 1.09 bits per heavy atom. The summed E-state index contributed by atoms with van der Waals surface area (Å²) in [7, 11) is 3.12. The number of hydrogen-bond donors (Lipinski definition) is 1. The molecule has 0 radical (unpaired) electrons. The van der Waals surface area contributed by atoms with Crippen molar-refractivity contribution >= 4 is 23.8 Å². The molecule has 12 heteroatoms. The van der Waals surface area contributed by atoms with E-state index in [2.05, 4.69) is 0 Å². The van der Waals surface area contributed by atoms with Crippen LogP contribution in [0.15, 0.2) is 24.3 Å². The maximum Gasteiger partial charge on any atom is 0.306 e. The number of amides is 2. The number of ether oxygens (including phenoxy) is 5. The number of carboxylic acids is 1. The second-order valence-corrected chi connectivity index (χ2v) is 10.3. The number of methoxy groups -OCH3 is 2. The number of carbonyl (C=O) groups excluding carboxylic acids is 3. The van der Waals surface area contributed by atoms with Gasteiger partial charge in [-0.3, -0.25) is 19.2 Å². The van der Waals surface area contributed by atoms with Crippen LogP contribution in [0.4, 0.5) is 0 Å². The molecule has 2 amide bonds. The third-order valence-electron chi connectivity index (χ3n) is 7.33. The highest BCUT2D eigenvalue weighted by atomic mass is 16.5. The molecular weight excluding hydrogens is 560 g/mol. The zero-order valence-electron chi connectivity index (χ0n) is 24.8. The molecule has 0 spiro atoms. The molecule has 2 aliphatic heterocycles. The lowest BCUT2D eigenvalue weighted by Gasteiger charge is -2.14. The first-order chi connectivity index (χ1) is 20.7. The van der Waals surface area contributed by atoms with E-state index in [9.17, 15) is 19.2 Å². The van der Waals surface area contributed by atoms with E-state index < -0.39 is 5.97 Å². The van der Waals surface area contributed by atoms with Crippen LogP contribution in [-0.4, -0.2) is 72.7 Å². The van der Waals surface area contributed by atoms with E-state index in [1.807, 2.05) is 24.3 Å². The number of nitrogens with zero attached hydrogens (tertiary/aromatic N) is 2. The highest BCUT2D eigenvalue weighted by Gasteiger charge is 2.27. The Morgan fingerprint density at radius 1 is 0.674 bits per heavy atom. The van der Waals surface area contributed by atoms with E-state index in [0.29, 0.717) is 75.4 Å². The number of carbonyl (C=O) groups is 4. The van der Waals surface area contributed by atoms with Crippen molar-refractivity contribution in [2.45, 2.75) is 65.2 Å². The molecule has 0 atom stereocenters. The molecule has 43 heavy (non-hydrogen) atoms. The van der Waals surface area contributed by atoms with Crippen LogP contribution in [0.3, 0.4) is 0 Å². The van der Waals surface area contributed by atoms with Crippen LogP contribution >= 0.6 is 0 Å². The van der Waals surface area contributed by atoms with E-state index in [1.165, 1.54) is 0 Å². The second-order valence-electron chi connectivity index (χ2n) is 10.3. The molecule has 232 valence electrons. The first-order valence-corrected chi connectivity index (χ1v) is 14.3. The molecule has 2 aromatic carbocycles. The molecule has 0 aromatic heterocycles. The Morgan fingerprint density at radius 3 is 1.49 bits per heavy atom. The van der Waals surface area contributed by atoms with E-state index in [0.717, 1.165) is 22.3 Å². The molecule has 0 fully saturated rings. The first-order valence-electron chi connectivity index (χ1n) is 14.3. The van der Waals surface area contributed by atoms with Crippen LogP contribution in [0.25, 0.3) is 0 Å². The summed E-state index contributed by atoms with van der Waals surface area (Å²) in [4.78, 5) is 50.8. The lowest BCUT2D eigenvalue weighted by atomic mass is 10.1. The Labute approximate surface area is 250 Å². The van der Waals surface area contributed by atoms with Crippen molar-refractivity contribution in [1.29, 1.82) is 0 Å². The number of benzene rings is 2. The molecule has 4 rings (SSSR count). The summed E-state index contributed by atoms with van der Waals surface area (Å²) in [5.41, 5.74) is 3.82. The Balaban J connectivity index is 1.27. The van der Waals surface area contributed by atoms with E-state index in [-0.39, 0.29) is 43.5 Å². The third kappa shape index (κ3) is 8.08. The average molecular weight is 599 g/mol. The largest absolute Gasteiger partial charge is 0.493 e. The van der Waals surface area contributed by atoms with Gasteiger partial charge in [-0.15, -0.1) is 0 Å². The maximum absolute atomic E-state index is 12.6. The van der Waals surface area contributed by atoms with E-state index in [4.69, 9.17) is 28.8 Å². The first kappa shape index (κ1) is 31.5. The number of aliphatic carboxylic acids is 1. The van der Waals surface area contributed by atoms with Crippen LogP contribution < -0.4 is 18.9 Å². The van der Waals surface area contributed by atoms with Gasteiger partial charge in [0.1, 0.15) is 0 Å². The quantitative estimate of drug-likeness (QED) is 0.239. The van der Waals surface area contributed by atoms with Crippen molar-refractivity contribution in [2.24, 2.45) is 0 Å². The van der Waals surface area contributed by atoms with Crippen molar-refractivity contribution < 1.29 is 48.0 Å². The summed E-state index contributed by atoms with van der Waals surface area (Å²) >= 11 is 0. The van der Waals surface area contributed by atoms with Gasteiger partial charge in [0, 0.05) is 45.4 Å². The van der Waals surface area contributed by atoms with Gasteiger partial charge in [-0.05, 0) is 53.4 Å². The van der Waals surface area contributed by atoms with Gasteiger partial charge in [0.2, 0.25) is 11.8 Å². The fourth-order valence-corrected chi connectivity index (χ4v) is 5.10. The number of rotatable bonds is 15. The summed E-state index contributed by atoms with van der Waals surface area (Å²) in [5.74, 6) is 0.577. The number of fused-ring (bicyclic) bond motifs is 2. The Kier molecular flexibility index (Phi) is 10.7. The van der Waals surface area contributed by atoms with Gasteiger partial charge in [0.05, 0.1) is 46.9 Å². The number of carboxylic acid groups (broad SMARTS) is 1. The highest BCUT2D eigenvalue weighted by molar-refractivity contribution is 5.82. The minimum atomic E-state index is -0.997. The van der Waals surface area contributed by atoms with Crippen LogP contribution in [-0.2, 0) is 50.1 Å². The standard InChI is InChI=1S/C31H38N2O10/c1-4-41-31(38)9-7-29(35)33-17-21-13-25(40-3)27(15-23(21)19-33)43-11-5-10-42-26-14-22-18-32(28(34)6-8-30(36)37)16-20(22)12-24(26)39-2/h12-15H,4-11,16-19H2,1-3H3,(H,36,37). The predicted molar refractivity (Wildman–Crippen MR) is 153 cm³/mol. The maximum atomic E-state index is 12.6. The van der Waals surface area contributed by atoms with Crippen LogP contribution in [0.1, 0.15) is 61.3 Å². The second kappa shape index (κ2) is 14.6. The molecule has 0 aliphatic carbocycles. The molecule has 12 nitrogen and oxygen atoms in total. The molecule has 2 heterocycles. The van der Waals surface area contributed by atoms with Crippen molar-refractivity contribution in [3.8, 4) is 23.0 Å². The molecule has 0 unspecified atom stereocenters. The smallest absolute Gasteiger partial charge is 0.306 e. The van der Waals surface area contributed by atoms with Gasteiger partial charge in [-0.2, -0.15) is 0 Å². The third-order valence-corrected chi connectivity index (χ3v) is 7.33. The highest BCUT2D eigenvalue weighted by Crippen LogP contribution is 2.37. The molecular formula is C31H38N2O10. The van der Waals surface area contributed by atoms with Crippen molar-refractivity contribution in [3.63, 3.8) is 0 Å². The van der Waals surface area contributed by atoms with Crippen LogP contribution in [0, 0.1) is 0 Å². The molecule has 0 bridgehead atoms. The predicted octanol–water partition coefficient (Wildman–Crippen LogP) is 3.44.